The Morgan fingerprint density at radius 3 is 2.36 bits per heavy atom. The number of nitrogens with one attached hydrogen (secondary N) is 1. The molecule has 0 unspecified atom stereocenters. The van der Waals surface area contributed by atoms with Gasteiger partial charge in [0.1, 0.15) is 18.1 Å². The molecule has 28 heavy (non-hydrogen) atoms. The molecule has 0 aromatic heterocycles. The van der Waals surface area contributed by atoms with E-state index in [1.54, 1.807) is 0 Å². The maximum Gasteiger partial charge on any atom is 0.261 e. The van der Waals surface area contributed by atoms with Gasteiger partial charge in [0, 0.05) is 0 Å². The van der Waals surface area contributed by atoms with E-state index >= 15 is 0 Å². The lowest BCUT2D eigenvalue weighted by molar-refractivity contribution is -0.128. The van der Waals surface area contributed by atoms with Gasteiger partial charge >= 0.3 is 0 Å². The first-order chi connectivity index (χ1) is 13.2. The summed E-state index contributed by atoms with van der Waals surface area (Å²) in [5.41, 5.74) is 3.61. The second-order valence-electron chi connectivity index (χ2n) is 8.13. The van der Waals surface area contributed by atoms with E-state index < -0.39 is 6.10 Å². The van der Waals surface area contributed by atoms with E-state index in [1.807, 2.05) is 51.1 Å². The third-order valence-corrected chi connectivity index (χ3v) is 4.88. The molecule has 2 aromatic carbocycles. The molecule has 0 aliphatic heterocycles. The number of carbonyl (C=O) groups excluding carboxylic acids is 1. The van der Waals surface area contributed by atoms with Crippen LogP contribution in [0.1, 0.15) is 50.8 Å². The van der Waals surface area contributed by atoms with E-state index in [2.05, 4.69) is 38.2 Å². The molecule has 0 spiro atoms. The molecule has 0 saturated carbocycles. The average Bonchev–Trinajstić information content (AvgIpc) is 2.66. The van der Waals surface area contributed by atoms with Gasteiger partial charge in [-0.3, -0.25) is 4.79 Å². The lowest BCUT2D eigenvalue weighted by atomic mass is 9.87. The zero-order valence-corrected chi connectivity index (χ0v) is 18.0. The van der Waals surface area contributed by atoms with Gasteiger partial charge in [0.2, 0.25) is 0 Å². The number of ether oxygens (including phenoxy) is 2. The molecule has 0 bridgehead atoms. The number of hydrogen-bond acceptors (Lipinski definition) is 3. The molecule has 4 nitrogen and oxygen atoms in total. The number of aryl methyl sites for hydroxylation is 1. The third-order valence-electron chi connectivity index (χ3n) is 4.88. The highest BCUT2D eigenvalue weighted by molar-refractivity contribution is 5.81. The van der Waals surface area contributed by atoms with E-state index in [9.17, 15) is 4.79 Å². The molecule has 1 N–H and O–H groups in total. The van der Waals surface area contributed by atoms with Crippen LogP contribution in [0.15, 0.2) is 42.5 Å². The second-order valence-corrected chi connectivity index (χ2v) is 8.13. The second kappa shape index (κ2) is 9.63. The van der Waals surface area contributed by atoms with Gasteiger partial charge in [-0.15, -0.1) is 0 Å². The maximum absolute atomic E-state index is 12.4. The molecule has 0 heterocycles. The molecular formula is C24H33NO3. The number of carbonyl (C=O) groups is 1. The van der Waals surface area contributed by atoms with Crippen molar-refractivity contribution in [3.8, 4) is 11.5 Å². The van der Waals surface area contributed by atoms with Crippen molar-refractivity contribution in [2.24, 2.45) is 0 Å². The minimum Gasteiger partial charge on any atom is -0.492 e. The first-order valence-corrected chi connectivity index (χ1v) is 9.96. The molecule has 4 heteroatoms. The molecule has 2 rings (SSSR count). The summed E-state index contributed by atoms with van der Waals surface area (Å²) in [4.78, 5) is 12.4. The predicted octanol–water partition coefficient (Wildman–Crippen LogP) is 4.95. The van der Waals surface area contributed by atoms with Crippen LogP contribution in [0.25, 0.3) is 0 Å². The SMILES string of the molecule is CC[C@@H](Oc1cccc(C)c1C)C(=O)NCCOc1ccc(C(C)(C)C)cc1. The lowest BCUT2D eigenvalue weighted by Crippen LogP contribution is -2.39. The van der Waals surface area contributed by atoms with Crippen molar-refractivity contribution in [3.63, 3.8) is 0 Å². The lowest BCUT2D eigenvalue weighted by Gasteiger charge is -2.20. The Bertz CT molecular complexity index is 775. The van der Waals surface area contributed by atoms with Crippen molar-refractivity contribution >= 4 is 5.91 Å². The Labute approximate surface area is 169 Å². The van der Waals surface area contributed by atoms with Crippen molar-refractivity contribution in [2.75, 3.05) is 13.2 Å². The van der Waals surface area contributed by atoms with Gasteiger partial charge in [0.05, 0.1) is 6.54 Å². The maximum atomic E-state index is 12.4. The highest BCUT2D eigenvalue weighted by Crippen LogP contribution is 2.24. The zero-order chi connectivity index (χ0) is 20.7. The van der Waals surface area contributed by atoms with Gasteiger partial charge in [-0.1, -0.05) is 52.0 Å². The first kappa shape index (κ1) is 21.8. The van der Waals surface area contributed by atoms with Gasteiger partial charge in [-0.05, 0) is 60.6 Å². The summed E-state index contributed by atoms with van der Waals surface area (Å²) in [6.07, 6.45) is 0.0977. The van der Waals surface area contributed by atoms with Crippen LogP contribution in [0.2, 0.25) is 0 Å². The number of rotatable bonds is 8. The Kier molecular flexibility index (Phi) is 7.50. The molecule has 0 aliphatic carbocycles. The van der Waals surface area contributed by atoms with Gasteiger partial charge in [-0.25, -0.2) is 0 Å². The topological polar surface area (TPSA) is 47.6 Å². The predicted molar refractivity (Wildman–Crippen MR) is 114 cm³/mol. The van der Waals surface area contributed by atoms with Crippen LogP contribution < -0.4 is 14.8 Å². The minimum absolute atomic E-state index is 0.116. The Balaban J connectivity index is 1.81. The zero-order valence-electron chi connectivity index (χ0n) is 18.0. The van der Waals surface area contributed by atoms with Crippen molar-refractivity contribution in [2.45, 2.75) is 59.5 Å². The Hall–Kier alpha value is -2.49. The van der Waals surface area contributed by atoms with Gasteiger partial charge in [0.25, 0.3) is 5.91 Å². The normalized spacial score (nSPS) is 12.4. The van der Waals surface area contributed by atoms with Gasteiger partial charge in [0.15, 0.2) is 6.10 Å². The highest BCUT2D eigenvalue weighted by Gasteiger charge is 2.19. The van der Waals surface area contributed by atoms with E-state index in [4.69, 9.17) is 9.47 Å². The summed E-state index contributed by atoms with van der Waals surface area (Å²) in [6.45, 7) is 13.4. The molecule has 0 fully saturated rings. The molecule has 152 valence electrons. The van der Waals surface area contributed by atoms with Crippen LogP contribution in [-0.4, -0.2) is 25.2 Å². The Morgan fingerprint density at radius 2 is 1.75 bits per heavy atom. The van der Waals surface area contributed by atoms with Crippen molar-refractivity contribution in [1.29, 1.82) is 0 Å². The van der Waals surface area contributed by atoms with Gasteiger partial charge in [-0.2, -0.15) is 0 Å². The summed E-state index contributed by atoms with van der Waals surface area (Å²) < 4.78 is 11.7. The van der Waals surface area contributed by atoms with Crippen LogP contribution in [0, 0.1) is 13.8 Å². The highest BCUT2D eigenvalue weighted by atomic mass is 16.5. The minimum atomic E-state index is -0.508. The van der Waals surface area contributed by atoms with Crippen LogP contribution in [0.3, 0.4) is 0 Å². The van der Waals surface area contributed by atoms with Gasteiger partial charge < -0.3 is 14.8 Å². The monoisotopic (exact) mass is 383 g/mol. The number of benzene rings is 2. The molecule has 0 aliphatic rings. The van der Waals surface area contributed by atoms with Crippen molar-refractivity contribution in [1.82, 2.24) is 5.32 Å². The van der Waals surface area contributed by atoms with E-state index in [-0.39, 0.29) is 11.3 Å². The molecule has 0 saturated heterocycles. The van der Waals surface area contributed by atoms with E-state index in [0.29, 0.717) is 19.6 Å². The van der Waals surface area contributed by atoms with E-state index in [1.165, 1.54) is 5.56 Å². The summed E-state index contributed by atoms with van der Waals surface area (Å²) in [6, 6.07) is 14.0. The van der Waals surface area contributed by atoms with Crippen LogP contribution >= 0.6 is 0 Å². The quantitative estimate of drug-likeness (QED) is 0.656. The summed E-state index contributed by atoms with van der Waals surface area (Å²) >= 11 is 0. The summed E-state index contributed by atoms with van der Waals surface area (Å²) in [7, 11) is 0. The van der Waals surface area contributed by atoms with Crippen LogP contribution in [0.5, 0.6) is 11.5 Å². The molecule has 1 amide bonds. The fraction of sp³-hybridized carbons (Fsp3) is 0.458. The molecule has 0 radical (unpaired) electrons. The first-order valence-electron chi connectivity index (χ1n) is 9.96. The van der Waals surface area contributed by atoms with Crippen molar-refractivity contribution in [3.05, 3.63) is 59.2 Å². The van der Waals surface area contributed by atoms with Crippen LogP contribution in [-0.2, 0) is 10.2 Å². The standard InChI is InChI=1S/C24H33NO3/c1-7-21(28-22-10-8-9-17(2)18(22)3)23(26)25-15-16-27-20-13-11-19(12-14-20)24(4,5)6/h8-14,21H,7,15-16H2,1-6H3,(H,25,26)/t21-/m1/s1. The third kappa shape index (κ3) is 6.01. The molecule has 2 aromatic rings. The molecule has 1 atom stereocenters. The summed E-state index contributed by atoms with van der Waals surface area (Å²) in [5, 5.41) is 2.90. The number of amides is 1. The van der Waals surface area contributed by atoms with E-state index in [0.717, 1.165) is 22.6 Å². The fourth-order valence-electron chi connectivity index (χ4n) is 2.84. The molecular weight excluding hydrogens is 350 g/mol. The fourth-order valence-corrected chi connectivity index (χ4v) is 2.84. The average molecular weight is 384 g/mol. The summed E-state index contributed by atoms with van der Waals surface area (Å²) in [5.74, 6) is 1.45. The van der Waals surface area contributed by atoms with Crippen LogP contribution in [0.4, 0.5) is 0 Å². The number of hydrogen-bond donors (Lipinski definition) is 1. The smallest absolute Gasteiger partial charge is 0.261 e. The van der Waals surface area contributed by atoms with Crippen molar-refractivity contribution < 1.29 is 14.3 Å². The Morgan fingerprint density at radius 1 is 1.07 bits per heavy atom. The largest absolute Gasteiger partial charge is 0.492 e.